The molecule has 0 saturated heterocycles. The Morgan fingerprint density at radius 1 is 1.22 bits per heavy atom. The lowest BCUT2D eigenvalue weighted by atomic mass is 10.2. The Balaban J connectivity index is 1.52. The number of rotatable bonds is 5. The van der Waals surface area contributed by atoms with Crippen LogP contribution in [-0.2, 0) is 11.3 Å². The molecule has 0 saturated carbocycles. The number of hydrazone groups is 1. The van der Waals surface area contributed by atoms with Gasteiger partial charge in [-0.1, -0.05) is 24.3 Å². The van der Waals surface area contributed by atoms with Crippen LogP contribution in [0.5, 0.6) is 0 Å². The third-order valence-electron chi connectivity index (χ3n) is 3.38. The molecule has 23 heavy (non-hydrogen) atoms. The van der Waals surface area contributed by atoms with Crippen molar-refractivity contribution in [3.8, 4) is 0 Å². The molecule has 0 radical (unpaired) electrons. The van der Waals surface area contributed by atoms with Crippen LogP contribution in [0.3, 0.4) is 0 Å². The second kappa shape index (κ2) is 6.83. The summed E-state index contributed by atoms with van der Waals surface area (Å²) in [5.74, 6) is -0.500. The molecule has 0 atom stereocenters. The van der Waals surface area contributed by atoms with Crippen molar-refractivity contribution in [2.45, 2.75) is 13.0 Å². The highest BCUT2D eigenvalue weighted by Crippen LogP contribution is 2.11. The molecule has 0 aliphatic carbocycles. The smallest absolute Gasteiger partial charge is 0.241 e. The first kappa shape index (κ1) is 14.9. The van der Waals surface area contributed by atoms with Gasteiger partial charge >= 0.3 is 0 Å². The molecule has 0 spiro atoms. The summed E-state index contributed by atoms with van der Waals surface area (Å²) in [6, 6.07) is 13.6. The lowest BCUT2D eigenvalue weighted by Crippen LogP contribution is -2.19. The van der Waals surface area contributed by atoms with E-state index >= 15 is 0 Å². The second-order valence-corrected chi connectivity index (χ2v) is 5.02. The van der Waals surface area contributed by atoms with Gasteiger partial charge in [0.1, 0.15) is 5.82 Å². The molecule has 0 bridgehead atoms. The molecule has 1 N–H and O–H groups in total. The number of imidazole rings is 1. The predicted octanol–water partition coefficient (Wildman–Crippen LogP) is 2.72. The summed E-state index contributed by atoms with van der Waals surface area (Å²) in [7, 11) is 0. The van der Waals surface area contributed by atoms with Gasteiger partial charge in [0, 0.05) is 13.0 Å². The highest BCUT2D eigenvalue weighted by molar-refractivity contribution is 5.82. The zero-order valence-electron chi connectivity index (χ0n) is 12.3. The number of hydrogen-bond donors (Lipinski definition) is 1. The van der Waals surface area contributed by atoms with Crippen LogP contribution in [0.25, 0.3) is 11.0 Å². The first-order valence-corrected chi connectivity index (χ1v) is 7.20. The van der Waals surface area contributed by atoms with Crippen LogP contribution in [0.1, 0.15) is 12.0 Å². The topological polar surface area (TPSA) is 59.3 Å². The van der Waals surface area contributed by atoms with Crippen LogP contribution in [0.15, 0.2) is 60.0 Å². The first-order chi connectivity index (χ1) is 11.2. The molecule has 0 aliphatic heterocycles. The Labute approximate surface area is 132 Å². The highest BCUT2D eigenvalue weighted by Gasteiger charge is 2.04. The Morgan fingerprint density at radius 3 is 2.83 bits per heavy atom. The average Bonchev–Trinajstić information content (AvgIpc) is 2.98. The number of halogens is 1. The number of carbonyl (C=O) groups is 1. The van der Waals surface area contributed by atoms with Gasteiger partial charge in [0.05, 0.1) is 23.6 Å². The quantitative estimate of drug-likeness (QED) is 0.582. The van der Waals surface area contributed by atoms with Gasteiger partial charge in [-0.05, 0) is 29.8 Å². The molecule has 1 aromatic heterocycles. The number of fused-ring (bicyclic) bond motifs is 1. The average molecular weight is 310 g/mol. The van der Waals surface area contributed by atoms with Crippen LogP contribution in [0.4, 0.5) is 4.39 Å². The third-order valence-corrected chi connectivity index (χ3v) is 3.38. The van der Waals surface area contributed by atoms with Crippen molar-refractivity contribution in [2.24, 2.45) is 5.10 Å². The molecule has 0 fully saturated rings. The molecular formula is C17H15FN4O. The first-order valence-electron chi connectivity index (χ1n) is 7.20. The number of nitrogens with zero attached hydrogens (tertiary/aromatic N) is 3. The molecule has 0 aliphatic rings. The molecule has 5 nitrogen and oxygen atoms in total. The van der Waals surface area contributed by atoms with Gasteiger partial charge in [-0.2, -0.15) is 5.10 Å². The predicted molar refractivity (Wildman–Crippen MR) is 86.5 cm³/mol. The van der Waals surface area contributed by atoms with Gasteiger partial charge in [0.25, 0.3) is 0 Å². The molecule has 3 aromatic rings. The summed E-state index contributed by atoms with van der Waals surface area (Å²) in [6.45, 7) is 0.526. The number of aryl methyl sites for hydroxylation is 1. The van der Waals surface area contributed by atoms with Crippen LogP contribution in [0, 0.1) is 5.82 Å². The molecule has 0 unspecified atom stereocenters. The maximum Gasteiger partial charge on any atom is 0.241 e. The second-order valence-electron chi connectivity index (χ2n) is 5.02. The molecule has 2 aromatic carbocycles. The van der Waals surface area contributed by atoms with Gasteiger partial charge < -0.3 is 4.57 Å². The molecular weight excluding hydrogens is 295 g/mol. The lowest BCUT2D eigenvalue weighted by molar-refractivity contribution is -0.121. The maximum atomic E-state index is 12.8. The van der Waals surface area contributed by atoms with E-state index in [0.717, 1.165) is 11.0 Å². The SMILES string of the molecule is O=C(CCn1cnc2ccccc21)NN=Cc1ccc(F)cc1. The zero-order valence-corrected chi connectivity index (χ0v) is 12.3. The van der Waals surface area contributed by atoms with E-state index in [1.807, 2.05) is 28.8 Å². The molecule has 1 heterocycles. The standard InChI is InChI=1S/C17H15FN4O/c18-14-7-5-13(6-8-14)11-20-21-17(23)9-10-22-12-19-15-3-1-2-4-16(15)22/h1-8,11-12H,9-10H2,(H,21,23). The number of benzene rings is 2. The van der Waals surface area contributed by atoms with Gasteiger partial charge in [-0.3, -0.25) is 4.79 Å². The van der Waals surface area contributed by atoms with E-state index in [0.29, 0.717) is 18.5 Å². The van der Waals surface area contributed by atoms with Crippen molar-refractivity contribution in [1.82, 2.24) is 15.0 Å². The number of aromatic nitrogens is 2. The highest BCUT2D eigenvalue weighted by atomic mass is 19.1. The number of para-hydroxylation sites is 2. The summed E-state index contributed by atoms with van der Waals surface area (Å²) < 4.78 is 14.7. The van der Waals surface area contributed by atoms with E-state index in [1.165, 1.54) is 18.3 Å². The Kier molecular flexibility index (Phi) is 4.42. The number of hydrogen-bond acceptors (Lipinski definition) is 3. The van der Waals surface area contributed by atoms with Crippen LogP contribution in [0.2, 0.25) is 0 Å². The Morgan fingerprint density at radius 2 is 2.00 bits per heavy atom. The fourth-order valence-electron chi connectivity index (χ4n) is 2.19. The van der Waals surface area contributed by atoms with Crippen molar-refractivity contribution in [3.05, 3.63) is 66.2 Å². The van der Waals surface area contributed by atoms with E-state index in [1.54, 1.807) is 18.5 Å². The van der Waals surface area contributed by atoms with E-state index in [-0.39, 0.29) is 11.7 Å². The monoisotopic (exact) mass is 310 g/mol. The van der Waals surface area contributed by atoms with E-state index in [9.17, 15) is 9.18 Å². The van der Waals surface area contributed by atoms with Crippen molar-refractivity contribution in [3.63, 3.8) is 0 Å². The van der Waals surface area contributed by atoms with Gasteiger partial charge in [-0.25, -0.2) is 14.8 Å². The van der Waals surface area contributed by atoms with Crippen molar-refractivity contribution in [1.29, 1.82) is 0 Å². The van der Waals surface area contributed by atoms with Crippen molar-refractivity contribution >= 4 is 23.2 Å². The molecule has 3 rings (SSSR count). The lowest BCUT2D eigenvalue weighted by Gasteiger charge is -2.03. The molecule has 116 valence electrons. The minimum Gasteiger partial charge on any atom is -0.330 e. The summed E-state index contributed by atoms with van der Waals surface area (Å²) in [6.07, 6.45) is 3.49. The van der Waals surface area contributed by atoms with E-state index < -0.39 is 0 Å². The number of carbonyl (C=O) groups excluding carboxylic acids is 1. The minimum atomic E-state index is -0.307. The van der Waals surface area contributed by atoms with Gasteiger partial charge in [-0.15, -0.1) is 0 Å². The summed E-state index contributed by atoms with van der Waals surface area (Å²) >= 11 is 0. The number of nitrogens with one attached hydrogen (secondary N) is 1. The molecule has 1 amide bonds. The summed E-state index contributed by atoms with van der Waals surface area (Å²) in [5, 5.41) is 3.86. The van der Waals surface area contributed by atoms with Crippen molar-refractivity contribution in [2.75, 3.05) is 0 Å². The fourth-order valence-corrected chi connectivity index (χ4v) is 2.19. The maximum absolute atomic E-state index is 12.8. The van der Waals surface area contributed by atoms with E-state index in [4.69, 9.17) is 0 Å². The normalized spacial score (nSPS) is 11.2. The van der Waals surface area contributed by atoms with Gasteiger partial charge in [0.15, 0.2) is 0 Å². The summed E-state index contributed by atoms with van der Waals surface area (Å²) in [5.41, 5.74) is 5.07. The minimum absolute atomic E-state index is 0.193. The zero-order chi connectivity index (χ0) is 16.1. The van der Waals surface area contributed by atoms with Crippen LogP contribution < -0.4 is 5.43 Å². The molecule has 6 heteroatoms. The largest absolute Gasteiger partial charge is 0.330 e. The Bertz CT molecular complexity index is 839. The van der Waals surface area contributed by atoms with Crippen LogP contribution in [-0.4, -0.2) is 21.7 Å². The number of amides is 1. The van der Waals surface area contributed by atoms with Crippen LogP contribution >= 0.6 is 0 Å². The fraction of sp³-hybridized carbons (Fsp3) is 0.118. The van der Waals surface area contributed by atoms with E-state index in [2.05, 4.69) is 15.5 Å². The van der Waals surface area contributed by atoms with Gasteiger partial charge in [0.2, 0.25) is 5.91 Å². The summed E-state index contributed by atoms with van der Waals surface area (Å²) in [4.78, 5) is 16.1. The Hall–Kier alpha value is -3.02. The third kappa shape index (κ3) is 3.79. The van der Waals surface area contributed by atoms with Crippen molar-refractivity contribution < 1.29 is 9.18 Å².